The molecule has 4 amide bonds. The van der Waals surface area contributed by atoms with Crippen LogP contribution in [0.1, 0.15) is 36.9 Å². The third-order valence-electron chi connectivity index (χ3n) is 6.64. The molecular formula is C27H34N8O8. The number of H-pyrrole nitrogens is 2. The van der Waals surface area contributed by atoms with Gasteiger partial charge in [0.1, 0.15) is 18.1 Å². The highest BCUT2D eigenvalue weighted by atomic mass is 16.4. The average molecular weight is 599 g/mol. The van der Waals surface area contributed by atoms with Crippen LogP contribution in [0.25, 0.3) is 10.9 Å². The number of fused-ring (bicyclic) bond motifs is 1. The number of benzene rings is 1. The lowest BCUT2D eigenvalue weighted by Gasteiger charge is -2.25. The second-order valence-corrected chi connectivity index (χ2v) is 9.91. The number of carbonyl (C=O) groups is 6. The van der Waals surface area contributed by atoms with Crippen molar-refractivity contribution in [2.75, 3.05) is 0 Å². The number of para-hydroxylation sites is 1. The number of aromatic nitrogens is 3. The molecule has 0 fully saturated rings. The number of hydrogen-bond acceptors (Lipinski definition) is 8. The fraction of sp³-hybridized carbons (Fsp3) is 0.370. The van der Waals surface area contributed by atoms with Crippen LogP contribution in [0.3, 0.4) is 0 Å². The molecule has 0 saturated heterocycles. The van der Waals surface area contributed by atoms with E-state index in [9.17, 15) is 39.0 Å². The summed E-state index contributed by atoms with van der Waals surface area (Å²) in [6.07, 6.45) is 3.00. The lowest BCUT2D eigenvalue weighted by Crippen LogP contribution is -2.57. The predicted molar refractivity (Wildman–Crippen MR) is 151 cm³/mol. The van der Waals surface area contributed by atoms with Crippen molar-refractivity contribution < 1.29 is 39.0 Å². The molecule has 11 N–H and O–H groups in total. The fourth-order valence-electron chi connectivity index (χ4n) is 4.36. The Kier molecular flexibility index (Phi) is 11.3. The quantitative estimate of drug-likeness (QED) is 0.0883. The van der Waals surface area contributed by atoms with Gasteiger partial charge in [0.05, 0.1) is 12.4 Å². The average Bonchev–Trinajstić information content (AvgIpc) is 3.62. The third kappa shape index (κ3) is 9.67. The Balaban J connectivity index is 1.74. The van der Waals surface area contributed by atoms with Crippen LogP contribution in [0.15, 0.2) is 43.0 Å². The molecule has 3 aromatic rings. The van der Waals surface area contributed by atoms with Gasteiger partial charge in [0.2, 0.25) is 23.6 Å². The molecule has 0 spiro atoms. The maximum Gasteiger partial charge on any atom is 0.326 e. The lowest BCUT2D eigenvalue weighted by molar-refractivity contribution is -0.143. The first-order valence-corrected chi connectivity index (χ1v) is 13.4. The molecule has 2 heterocycles. The first-order chi connectivity index (χ1) is 20.4. The second kappa shape index (κ2) is 15.1. The highest BCUT2D eigenvalue weighted by Crippen LogP contribution is 2.19. The van der Waals surface area contributed by atoms with Gasteiger partial charge in [0, 0.05) is 54.7 Å². The van der Waals surface area contributed by atoms with E-state index in [0.29, 0.717) is 11.3 Å². The number of nitrogens with two attached hydrogens (primary N) is 2. The molecule has 3 rings (SSSR count). The summed E-state index contributed by atoms with van der Waals surface area (Å²) in [5, 5.41) is 27.0. The number of amides is 4. The molecule has 230 valence electrons. The zero-order valence-corrected chi connectivity index (χ0v) is 23.0. The molecule has 0 radical (unpaired) electrons. The van der Waals surface area contributed by atoms with Crippen LogP contribution in [-0.4, -0.2) is 84.9 Å². The molecule has 16 nitrogen and oxygen atoms in total. The summed E-state index contributed by atoms with van der Waals surface area (Å²) in [4.78, 5) is 83.6. The van der Waals surface area contributed by atoms with Gasteiger partial charge >= 0.3 is 11.9 Å². The molecule has 2 aromatic heterocycles. The van der Waals surface area contributed by atoms with Gasteiger partial charge in [-0.25, -0.2) is 9.78 Å². The number of rotatable bonds is 17. The number of carboxylic acid groups (broad SMARTS) is 2. The number of nitrogens with one attached hydrogen (secondary N) is 5. The minimum absolute atomic E-state index is 0.0621. The molecule has 43 heavy (non-hydrogen) atoms. The van der Waals surface area contributed by atoms with E-state index in [-0.39, 0.29) is 32.1 Å². The van der Waals surface area contributed by atoms with Gasteiger partial charge < -0.3 is 47.6 Å². The number of hydrogen-bond donors (Lipinski definition) is 9. The van der Waals surface area contributed by atoms with Gasteiger partial charge in [-0.05, 0) is 24.5 Å². The smallest absolute Gasteiger partial charge is 0.326 e. The first kappa shape index (κ1) is 32.3. The monoisotopic (exact) mass is 598 g/mol. The van der Waals surface area contributed by atoms with E-state index >= 15 is 0 Å². The van der Waals surface area contributed by atoms with E-state index in [1.807, 2.05) is 6.07 Å². The normalized spacial score (nSPS) is 13.8. The Morgan fingerprint density at radius 3 is 2.07 bits per heavy atom. The summed E-state index contributed by atoms with van der Waals surface area (Å²) in [6.45, 7) is 0. The minimum atomic E-state index is -1.49. The van der Waals surface area contributed by atoms with E-state index in [1.54, 1.807) is 24.4 Å². The highest BCUT2D eigenvalue weighted by Gasteiger charge is 2.31. The van der Waals surface area contributed by atoms with Crippen LogP contribution >= 0.6 is 0 Å². The number of nitrogens with zero attached hydrogens (tertiary/aromatic N) is 1. The fourth-order valence-corrected chi connectivity index (χ4v) is 4.36. The molecule has 0 aliphatic rings. The molecule has 0 aliphatic heterocycles. The van der Waals surface area contributed by atoms with Crippen LogP contribution in [0.4, 0.5) is 0 Å². The minimum Gasteiger partial charge on any atom is -0.481 e. The Morgan fingerprint density at radius 2 is 1.47 bits per heavy atom. The van der Waals surface area contributed by atoms with Crippen LogP contribution in [-0.2, 0) is 41.6 Å². The lowest BCUT2D eigenvalue weighted by atomic mass is 10.0. The van der Waals surface area contributed by atoms with Gasteiger partial charge in [-0.3, -0.25) is 24.0 Å². The third-order valence-corrected chi connectivity index (χ3v) is 6.64. The SMILES string of the molecule is NC(=O)CCC(NC(=O)C(N)Cc1cnc[nH]1)C(=O)NC(CCC(=O)O)C(=O)NC(Cc1c[nH]c2ccccc12)C(=O)O. The summed E-state index contributed by atoms with van der Waals surface area (Å²) >= 11 is 0. The maximum absolute atomic E-state index is 13.2. The molecule has 4 unspecified atom stereocenters. The number of primary amides is 1. The standard InChI is InChI=1S/C27H34N8O8/c28-17(10-15-12-30-13-32-15)24(39)33-19(5-7-22(29)36)25(40)34-20(6-8-23(37)38)26(41)35-21(27(42)43)9-14-11-31-18-4-2-1-3-16(14)18/h1-4,11-13,17,19-21,31H,5-10,28H2,(H2,29,36)(H,30,32)(H,33,39)(H,34,40)(H,35,41)(H,37,38)(H,42,43). The summed E-state index contributed by atoms with van der Waals surface area (Å²) in [5.74, 6) is -5.97. The number of carbonyl (C=O) groups excluding carboxylic acids is 4. The Morgan fingerprint density at radius 1 is 0.837 bits per heavy atom. The molecule has 4 atom stereocenters. The molecular weight excluding hydrogens is 564 g/mol. The van der Waals surface area contributed by atoms with E-state index in [0.717, 1.165) is 10.9 Å². The van der Waals surface area contributed by atoms with Gasteiger partial charge in [0.15, 0.2) is 0 Å². The largest absolute Gasteiger partial charge is 0.481 e. The molecule has 16 heteroatoms. The second-order valence-electron chi connectivity index (χ2n) is 9.91. The van der Waals surface area contributed by atoms with Gasteiger partial charge in [-0.1, -0.05) is 18.2 Å². The number of aromatic amines is 2. The van der Waals surface area contributed by atoms with Crippen LogP contribution in [0.5, 0.6) is 0 Å². The van der Waals surface area contributed by atoms with E-state index in [1.165, 1.54) is 12.5 Å². The van der Waals surface area contributed by atoms with Crippen molar-refractivity contribution in [1.29, 1.82) is 0 Å². The molecule has 0 bridgehead atoms. The highest BCUT2D eigenvalue weighted by molar-refractivity contribution is 5.95. The predicted octanol–water partition coefficient (Wildman–Crippen LogP) is -1.33. The summed E-state index contributed by atoms with van der Waals surface area (Å²) in [5.41, 5.74) is 13.1. The van der Waals surface area contributed by atoms with Crippen molar-refractivity contribution in [3.63, 3.8) is 0 Å². The van der Waals surface area contributed by atoms with Crippen molar-refractivity contribution in [2.24, 2.45) is 11.5 Å². The number of aliphatic carboxylic acids is 2. The van der Waals surface area contributed by atoms with Crippen LogP contribution in [0.2, 0.25) is 0 Å². The number of carboxylic acids is 2. The molecule has 0 aliphatic carbocycles. The summed E-state index contributed by atoms with van der Waals surface area (Å²) < 4.78 is 0. The van der Waals surface area contributed by atoms with Gasteiger partial charge in [-0.2, -0.15) is 0 Å². The van der Waals surface area contributed by atoms with Crippen molar-refractivity contribution >= 4 is 46.5 Å². The zero-order chi connectivity index (χ0) is 31.5. The Hall–Kier alpha value is -5.25. The van der Waals surface area contributed by atoms with Crippen molar-refractivity contribution in [1.82, 2.24) is 30.9 Å². The topological polar surface area (TPSA) is 275 Å². The van der Waals surface area contributed by atoms with E-state index < -0.39 is 66.2 Å². The van der Waals surface area contributed by atoms with Gasteiger partial charge in [0.25, 0.3) is 0 Å². The van der Waals surface area contributed by atoms with E-state index in [2.05, 4.69) is 30.9 Å². The van der Waals surface area contributed by atoms with E-state index in [4.69, 9.17) is 11.5 Å². The van der Waals surface area contributed by atoms with Crippen molar-refractivity contribution in [2.45, 2.75) is 62.7 Å². The Bertz CT molecular complexity index is 1450. The van der Waals surface area contributed by atoms with Crippen molar-refractivity contribution in [3.05, 3.63) is 54.2 Å². The van der Waals surface area contributed by atoms with Crippen LogP contribution in [0, 0.1) is 0 Å². The first-order valence-electron chi connectivity index (χ1n) is 13.4. The molecule has 0 saturated carbocycles. The number of imidazole rings is 1. The summed E-state index contributed by atoms with van der Waals surface area (Å²) in [7, 11) is 0. The maximum atomic E-state index is 13.2. The Labute approximate surface area is 245 Å². The van der Waals surface area contributed by atoms with Gasteiger partial charge in [-0.15, -0.1) is 0 Å². The molecule has 1 aromatic carbocycles. The summed E-state index contributed by atoms with van der Waals surface area (Å²) in [6, 6.07) is 1.82. The zero-order valence-electron chi connectivity index (χ0n) is 23.0. The van der Waals surface area contributed by atoms with Crippen molar-refractivity contribution in [3.8, 4) is 0 Å². The van der Waals surface area contributed by atoms with Crippen LogP contribution < -0.4 is 27.4 Å².